The fourth-order valence-corrected chi connectivity index (χ4v) is 1.86. The largest absolute Gasteiger partial charge is 0.398 e. The lowest BCUT2D eigenvalue weighted by Crippen LogP contribution is -2.30. The van der Waals surface area contributed by atoms with Crippen molar-refractivity contribution in [1.29, 1.82) is 0 Å². The Hall–Kier alpha value is -0.980. The van der Waals surface area contributed by atoms with Crippen LogP contribution in [-0.4, -0.2) is 5.54 Å². The number of hydrogen-bond donors (Lipinski definition) is 1. The molecule has 0 amide bonds. The van der Waals surface area contributed by atoms with E-state index in [9.17, 15) is 0 Å². The minimum atomic E-state index is 0.137. The minimum absolute atomic E-state index is 0.137. The van der Waals surface area contributed by atoms with Gasteiger partial charge in [-0.05, 0) is 20.8 Å². The summed E-state index contributed by atoms with van der Waals surface area (Å²) in [7, 11) is 0. The van der Waals surface area contributed by atoms with Crippen LogP contribution in [0.25, 0.3) is 0 Å². The van der Waals surface area contributed by atoms with E-state index in [0.717, 1.165) is 0 Å². The van der Waals surface area contributed by atoms with Gasteiger partial charge in [-0.3, -0.25) is 12.3 Å². The molecule has 92 valence electrons. The molecule has 0 saturated carbocycles. The van der Waals surface area contributed by atoms with Crippen LogP contribution in [-0.2, 0) is 0 Å². The third-order valence-electron chi connectivity index (χ3n) is 3.26. The van der Waals surface area contributed by atoms with E-state index < -0.39 is 0 Å². The molecule has 0 unspecified atom stereocenters. The number of allylic oxidation sites excluding steroid dienone is 3. The van der Waals surface area contributed by atoms with Crippen LogP contribution in [0.1, 0.15) is 48.5 Å². The van der Waals surface area contributed by atoms with Crippen LogP contribution >= 0.6 is 0 Å². The standard InChI is InChI=1S/C15H25N/c1-11-12(2)15(6,7)10-13(11)8-9-16-14(3,4)5/h8-10,16H,1-7H3/q-2. The smallest absolute Gasteiger partial charge is 0.0273 e. The van der Waals surface area contributed by atoms with Crippen LogP contribution in [0.3, 0.4) is 0 Å². The molecule has 0 fully saturated rings. The van der Waals surface area contributed by atoms with E-state index in [2.05, 4.69) is 72.5 Å². The molecular formula is C15H25N-2. The van der Waals surface area contributed by atoms with Gasteiger partial charge in [-0.1, -0.05) is 20.0 Å². The van der Waals surface area contributed by atoms with Gasteiger partial charge < -0.3 is 16.5 Å². The Kier molecular flexibility index (Phi) is 3.37. The Morgan fingerprint density at radius 2 is 1.88 bits per heavy atom. The SMILES string of the molecule is CC1=C(C=CNC(C)(C)C)[CH-]C(C)(C)[C-]1C. The first-order valence-electron chi connectivity index (χ1n) is 5.99. The zero-order chi connectivity index (χ0) is 12.6. The van der Waals surface area contributed by atoms with Gasteiger partial charge in [0.15, 0.2) is 0 Å². The Morgan fingerprint density at radius 1 is 1.31 bits per heavy atom. The fraction of sp³-hybridized carbons (Fsp3) is 0.600. The Balaban J connectivity index is 2.70. The molecule has 1 rings (SSSR count). The third-order valence-corrected chi connectivity index (χ3v) is 3.26. The first-order chi connectivity index (χ1) is 7.13. The molecule has 1 nitrogen and oxygen atoms in total. The van der Waals surface area contributed by atoms with Crippen LogP contribution in [0.2, 0.25) is 0 Å². The zero-order valence-corrected chi connectivity index (χ0v) is 11.7. The molecule has 0 atom stereocenters. The summed E-state index contributed by atoms with van der Waals surface area (Å²) in [6.07, 6.45) is 6.58. The second kappa shape index (κ2) is 4.12. The summed E-state index contributed by atoms with van der Waals surface area (Å²) in [5, 5.41) is 3.37. The van der Waals surface area contributed by atoms with Crippen molar-refractivity contribution >= 4 is 0 Å². The molecule has 0 aromatic rings. The molecule has 1 aliphatic carbocycles. The van der Waals surface area contributed by atoms with Crippen LogP contribution < -0.4 is 5.32 Å². The summed E-state index contributed by atoms with van der Waals surface area (Å²) >= 11 is 0. The first-order valence-corrected chi connectivity index (χ1v) is 5.99. The summed E-state index contributed by atoms with van der Waals surface area (Å²) in [5.41, 5.74) is 3.11. The molecule has 0 radical (unpaired) electrons. The first kappa shape index (κ1) is 13.1. The van der Waals surface area contributed by atoms with E-state index in [-0.39, 0.29) is 11.0 Å². The minimum Gasteiger partial charge on any atom is -0.398 e. The Labute approximate surface area is 101 Å². The van der Waals surface area contributed by atoms with E-state index in [4.69, 9.17) is 0 Å². The van der Waals surface area contributed by atoms with Crippen LogP contribution in [0.5, 0.6) is 0 Å². The van der Waals surface area contributed by atoms with Crippen molar-refractivity contribution in [1.82, 2.24) is 5.32 Å². The Morgan fingerprint density at radius 3 is 2.25 bits per heavy atom. The molecule has 16 heavy (non-hydrogen) atoms. The van der Waals surface area contributed by atoms with Crippen LogP contribution in [0, 0.1) is 17.8 Å². The lowest BCUT2D eigenvalue weighted by molar-refractivity contribution is 0.490. The predicted molar refractivity (Wildman–Crippen MR) is 71.7 cm³/mol. The predicted octanol–water partition coefficient (Wildman–Crippen LogP) is 4.04. The summed E-state index contributed by atoms with van der Waals surface area (Å²) in [6, 6.07) is 0. The number of hydrogen-bond acceptors (Lipinski definition) is 1. The molecule has 0 aromatic carbocycles. The van der Waals surface area contributed by atoms with Gasteiger partial charge in [-0.15, -0.1) is 19.3 Å². The van der Waals surface area contributed by atoms with Crippen molar-refractivity contribution in [3.05, 3.63) is 35.8 Å². The van der Waals surface area contributed by atoms with Gasteiger partial charge in [-0.25, -0.2) is 6.08 Å². The number of rotatable bonds is 2. The van der Waals surface area contributed by atoms with Crippen molar-refractivity contribution < 1.29 is 0 Å². The normalized spacial score (nSPS) is 20.6. The fourth-order valence-electron chi connectivity index (χ4n) is 1.86. The molecule has 0 saturated heterocycles. The molecule has 0 spiro atoms. The highest BCUT2D eigenvalue weighted by Gasteiger charge is 2.17. The summed E-state index contributed by atoms with van der Waals surface area (Å²) < 4.78 is 0. The molecule has 1 heteroatoms. The van der Waals surface area contributed by atoms with Crippen molar-refractivity contribution in [2.24, 2.45) is 5.41 Å². The maximum Gasteiger partial charge on any atom is 0.0273 e. The summed E-state index contributed by atoms with van der Waals surface area (Å²) in [5.74, 6) is 1.47. The van der Waals surface area contributed by atoms with Crippen molar-refractivity contribution in [2.75, 3.05) is 0 Å². The van der Waals surface area contributed by atoms with Crippen molar-refractivity contribution in [3.8, 4) is 0 Å². The lowest BCUT2D eigenvalue weighted by Gasteiger charge is -2.40. The average molecular weight is 219 g/mol. The molecule has 0 bridgehead atoms. The molecular weight excluding hydrogens is 194 g/mol. The monoisotopic (exact) mass is 219 g/mol. The van der Waals surface area contributed by atoms with E-state index in [0.29, 0.717) is 0 Å². The maximum atomic E-state index is 3.37. The van der Waals surface area contributed by atoms with Gasteiger partial charge in [0.2, 0.25) is 0 Å². The van der Waals surface area contributed by atoms with E-state index in [1.807, 2.05) is 0 Å². The lowest BCUT2D eigenvalue weighted by atomic mass is 9.80. The molecule has 0 heterocycles. The highest BCUT2D eigenvalue weighted by atomic mass is 14.9. The molecule has 1 N–H and O–H groups in total. The van der Waals surface area contributed by atoms with Gasteiger partial charge in [-0.2, -0.15) is 0 Å². The quantitative estimate of drug-likeness (QED) is 0.691. The second-order valence-corrected chi connectivity index (χ2v) is 6.30. The van der Waals surface area contributed by atoms with E-state index in [1.54, 1.807) is 0 Å². The van der Waals surface area contributed by atoms with Gasteiger partial charge in [0.05, 0.1) is 0 Å². The van der Waals surface area contributed by atoms with Gasteiger partial charge in [0, 0.05) is 5.54 Å². The van der Waals surface area contributed by atoms with E-state index >= 15 is 0 Å². The zero-order valence-electron chi connectivity index (χ0n) is 11.7. The van der Waals surface area contributed by atoms with Crippen LogP contribution in [0.4, 0.5) is 0 Å². The third kappa shape index (κ3) is 3.01. The van der Waals surface area contributed by atoms with E-state index in [1.165, 1.54) is 17.1 Å². The van der Waals surface area contributed by atoms with Gasteiger partial charge >= 0.3 is 0 Å². The molecule has 0 aliphatic heterocycles. The summed E-state index contributed by atoms with van der Waals surface area (Å²) in [4.78, 5) is 0. The van der Waals surface area contributed by atoms with Gasteiger partial charge in [0.1, 0.15) is 0 Å². The average Bonchev–Trinajstić information content (AvgIpc) is 2.28. The highest BCUT2D eigenvalue weighted by Crippen LogP contribution is 2.46. The van der Waals surface area contributed by atoms with Crippen molar-refractivity contribution in [2.45, 2.75) is 54.0 Å². The number of nitrogens with one attached hydrogen (secondary N) is 1. The molecule has 0 aromatic heterocycles. The van der Waals surface area contributed by atoms with Crippen LogP contribution in [0.15, 0.2) is 23.4 Å². The summed E-state index contributed by atoms with van der Waals surface area (Å²) in [6.45, 7) is 15.5. The topological polar surface area (TPSA) is 12.0 Å². The second-order valence-electron chi connectivity index (χ2n) is 6.30. The maximum absolute atomic E-state index is 3.37. The van der Waals surface area contributed by atoms with Crippen molar-refractivity contribution in [3.63, 3.8) is 0 Å². The molecule has 1 aliphatic rings. The highest BCUT2D eigenvalue weighted by molar-refractivity contribution is 5.50. The van der Waals surface area contributed by atoms with Gasteiger partial charge in [0.25, 0.3) is 0 Å². The Bertz CT molecular complexity index is 313.